The number of ether oxygens (including phenoxy) is 1. The molecule has 96 valence electrons. The molecule has 0 saturated carbocycles. The molecule has 1 heterocycles. The van der Waals surface area contributed by atoms with E-state index < -0.39 is 0 Å². The van der Waals surface area contributed by atoms with E-state index in [2.05, 4.69) is 33.9 Å². The molecular formula is C14H19N3O. The van der Waals surface area contributed by atoms with Crippen molar-refractivity contribution in [3.8, 4) is 5.75 Å². The van der Waals surface area contributed by atoms with Gasteiger partial charge in [-0.1, -0.05) is 19.1 Å². The molecule has 0 amide bonds. The number of nitrogens with zero attached hydrogens (tertiary/aromatic N) is 2. The number of benzene rings is 1. The Kier molecular flexibility index (Phi) is 4.36. The van der Waals surface area contributed by atoms with Gasteiger partial charge in [0.25, 0.3) is 0 Å². The molecule has 4 heteroatoms. The Morgan fingerprint density at radius 2 is 2.06 bits per heavy atom. The molecule has 0 saturated heterocycles. The fourth-order valence-corrected chi connectivity index (χ4v) is 1.82. The van der Waals surface area contributed by atoms with Crippen LogP contribution in [0.25, 0.3) is 0 Å². The normalized spacial score (nSPS) is 10.6. The fraction of sp³-hybridized carbons (Fsp3) is 0.357. The minimum absolute atomic E-state index is 0.805. The Labute approximate surface area is 108 Å². The molecule has 1 N–H and O–H groups in total. The van der Waals surface area contributed by atoms with Gasteiger partial charge in [-0.2, -0.15) is 0 Å². The molecule has 0 aliphatic carbocycles. The molecule has 0 spiro atoms. The SMILES string of the molecule is CCNCc1nccn1Cc1ccc(OC)cc1. The predicted octanol–water partition coefficient (Wildman–Crippen LogP) is 2.05. The van der Waals surface area contributed by atoms with Crippen molar-refractivity contribution in [1.82, 2.24) is 14.9 Å². The van der Waals surface area contributed by atoms with E-state index in [-0.39, 0.29) is 0 Å². The van der Waals surface area contributed by atoms with E-state index in [9.17, 15) is 0 Å². The van der Waals surface area contributed by atoms with Gasteiger partial charge in [0, 0.05) is 18.9 Å². The molecule has 0 atom stereocenters. The molecular weight excluding hydrogens is 226 g/mol. The zero-order valence-electron chi connectivity index (χ0n) is 10.9. The van der Waals surface area contributed by atoms with Crippen LogP contribution in [0.2, 0.25) is 0 Å². The first-order valence-electron chi connectivity index (χ1n) is 6.17. The number of rotatable bonds is 6. The molecule has 18 heavy (non-hydrogen) atoms. The van der Waals surface area contributed by atoms with Crippen molar-refractivity contribution in [3.63, 3.8) is 0 Å². The first-order valence-corrected chi connectivity index (χ1v) is 6.17. The highest BCUT2D eigenvalue weighted by atomic mass is 16.5. The molecule has 1 aromatic carbocycles. The van der Waals surface area contributed by atoms with Gasteiger partial charge in [0.1, 0.15) is 11.6 Å². The van der Waals surface area contributed by atoms with Gasteiger partial charge in [0.05, 0.1) is 13.7 Å². The Bertz CT molecular complexity index is 476. The second-order valence-electron chi connectivity index (χ2n) is 4.10. The standard InChI is InChI=1S/C14H19N3O/c1-3-15-10-14-16-8-9-17(14)11-12-4-6-13(18-2)7-5-12/h4-9,15H,3,10-11H2,1-2H3. The highest BCUT2D eigenvalue weighted by molar-refractivity contribution is 5.27. The Morgan fingerprint density at radius 1 is 1.28 bits per heavy atom. The fourth-order valence-electron chi connectivity index (χ4n) is 1.82. The number of hydrogen-bond donors (Lipinski definition) is 1. The van der Waals surface area contributed by atoms with Crippen molar-refractivity contribution in [2.75, 3.05) is 13.7 Å². The van der Waals surface area contributed by atoms with Crippen LogP contribution in [0.3, 0.4) is 0 Å². The zero-order chi connectivity index (χ0) is 12.8. The van der Waals surface area contributed by atoms with Crippen molar-refractivity contribution in [2.45, 2.75) is 20.0 Å². The summed E-state index contributed by atoms with van der Waals surface area (Å²) in [5.74, 6) is 1.95. The summed E-state index contributed by atoms with van der Waals surface area (Å²) in [5.41, 5.74) is 1.24. The maximum Gasteiger partial charge on any atom is 0.122 e. The molecule has 2 aromatic rings. The summed E-state index contributed by atoms with van der Waals surface area (Å²) in [6.07, 6.45) is 3.85. The molecule has 0 unspecified atom stereocenters. The average molecular weight is 245 g/mol. The van der Waals surface area contributed by atoms with Gasteiger partial charge in [0.2, 0.25) is 0 Å². The maximum absolute atomic E-state index is 5.15. The summed E-state index contributed by atoms with van der Waals surface area (Å²) in [5, 5.41) is 3.29. The summed E-state index contributed by atoms with van der Waals surface area (Å²) in [6, 6.07) is 8.12. The lowest BCUT2D eigenvalue weighted by Crippen LogP contribution is -2.16. The Morgan fingerprint density at radius 3 is 2.72 bits per heavy atom. The number of hydrogen-bond acceptors (Lipinski definition) is 3. The number of aromatic nitrogens is 2. The maximum atomic E-state index is 5.15. The lowest BCUT2D eigenvalue weighted by atomic mass is 10.2. The quantitative estimate of drug-likeness (QED) is 0.846. The summed E-state index contributed by atoms with van der Waals surface area (Å²) in [6.45, 7) is 4.69. The van der Waals surface area contributed by atoms with E-state index in [4.69, 9.17) is 4.74 Å². The van der Waals surface area contributed by atoms with Crippen molar-refractivity contribution >= 4 is 0 Å². The summed E-state index contributed by atoms with van der Waals surface area (Å²) < 4.78 is 7.31. The van der Waals surface area contributed by atoms with Crippen LogP contribution >= 0.6 is 0 Å². The minimum Gasteiger partial charge on any atom is -0.497 e. The molecule has 0 radical (unpaired) electrons. The number of imidazole rings is 1. The van der Waals surface area contributed by atoms with Crippen LogP contribution in [0.5, 0.6) is 5.75 Å². The van der Waals surface area contributed by atoms with Crippen molar-refractivity contribution < 1.29 is 4.74 Å². The highest BCUT2D eigenvalue weighted by Gasteiger charge is 2.03. The molecule has 0 bridgehead atoms. The van der Waals surface area contributed by atoms with Gasteiger partial charge in [-0.05, 0) is 24.2 Å². The molecule has 0 aliphatic rings. The first-order chi connectivity index (χ1) is 8.83. The molecule has 0 fully saturated rings. The zero-order valence-corrected chi connectivity index (χ0v) is 10.9. The van der Waals surface area contributed by atoms with Gasteiger partial charge in [-0.25, -0.2) is 4.98 Å². The smallest absolute Gasteiger partial charge is 0.122 e. The van der Waals surface area contributed by atoms with E-state index in [1.165, 1.54) is 5.56 Å². The van der Waals surface area contributed by atoms with E-state index >= 15 is 0 Å². The summed E-state index contributed by atoms with van der Waals surface area (Å²) in [4.78, 5) is 4.36. The lowest BCUT2D eigenvalue weighted by Gasteiger charge is -2.09. The minimum atomic E-state index is 0.805. The van der Waals surface area contributed by atoms with Crippen LogP contribution < -0.4 is 10.1 Å². The Hall–Kier alpha value is -1.81. The van der Waals surface area contributed by atoms with Crippen LogP contribution in [-0.2, 0) is 13.1 Å². The predicted molar refractivity (Wildman–Crippen MR) is 71.7 cm³/mol. The van der Waals surface area contributed by atoms with Crippen molar-refractivity contribution in [3.05, 3.63) is 48.0 Å². The third-order valence-electron chi connectivity index (χ3n) is 2.85. The van der Waals surface area contributed by atoms with Gasteiger partial charge in [-0.15, -0.1) is 0 Å². The van der Waals surface area contributed by atoms with E-state index in [1.54, 1.807) is 7.11 Å². The molecule has 4 nitrogen and oxygen atoms in total. The topological polar surface area (TPSA) is 39.1 Å². The van der Waals surface area contributed by atoms with Crippen molar-refractivity contribution in [1.29, 1.82) is 0 Å². The molecule has 1 aromatic heterocycles. The monoisotopic (exact) mass is 245 g/mol. The third-order valence-corrected chi connectivity index (χ3v) is 2.85. The Balaban J connectivity index is 2.05. The largest absolute Gasteiger partial charge is 0.497 e. The molecule has 0 aliphatic heterocycles. The first kappa shape index (κ1) is 12.6. The lowest BCUT2D eigenvalue weighted by molar-refractivity contribution is 0.414. The number of nitrogens with one attached hydrogen (secondary N) is 1. The van der Waals surface area contributed by atoms with Gasteiger partial charge in [-0.3, -0.25) is 0 Å². The van der Waals surface area contributed by atoms with E-state index in [1.807, 2.05) is 24.5 Å². The second-order valence-corrected chi connectivity index (χ2v) is 4.10. The van der Waals surface area contributed by atoms with Crippen LogP contribution in [0.1, 0.15) is 18.3 Å². The second kappa shape index (κ2) is 6.21. The number of methoxy groups -OCH3 is 1. The van der Waals surface area contributed by atoms with Crippen LogP contribution in [0.15, 0.2) is 36.7 Å². The van der Waals surface area contributed by atoms with Crippen molar-refractivity contribution in [2.24, 2.45) is 0 Å². The van der Waals surface area contributed by atoms with E-state index in [0.717, 1.165) is 31.2 Å². The summed E-state index contributed by atoms with van der Waals surface area (Å²) >= 11 is 0. The van der Waals surface area contributed by atoms with Crippen LogP contribution in [-0.4, -0.2) is 23.2 Å². The van der Waals surface area contributed by atoms with Gasteiger partial charge in [0.15, 0.2) is 0 Å². The van der Waals surface area contributed by atoms with Gasteiger partial charge < -0.3 is 14.6 Å². The van der Waals surface area contributed by atoms with Crippen LogP contribution in [0, 0.1) is 0 Å². The van der Waals surface area contributed by atoms with E-state index in [0.29, 0.717) is 0 Å². The van der Waals surface area contributed by atoms with Crippen LogP contribution in [0.4, 0.5) is 0 Å². The third kappa shape index (κ3) is 3.11. The van der Waals surface area contributed by atoms with Gasteiger partial charge >= 0.3 is 0 Å². The summed E-state index contributed by atoms with van der Waals surface area (Å²) in [7, 11) is 1.68. The molecule has 2 rings (SSSR count). The highest BCUT2D eigenvalue weighted by Crippen LogP contribution is 2.13. The average Bonchev–Trinajstić information content (AvgIpc) is 2.84.